The molecule has 1 aliphatic heterocycles. The van der Waals surface area contributed by atoms with Crippen LogP contribution < -0.4 is 19.6 Å². The number of methoxy groups -OCH3 is 1. The first-order valence-electron chi connectivity index (χ1n) is 15.2. The van der Waals surface area contributed by atoms with Crippen LogP contribution in [0, 0.1) is 5.82 Å². The Morgan fingerprint density at radius 1 is 0.957 bits per heavy atom. The summed E-state index contributed by atoms with van der Waals surface area (Å²) < 4.78 is 28.7. The predicted octanol–water partition coefficient (Wildman–Crippen LogP) is 6.09. The lowest BCUT2D eigenvalue weighted by Gasteiger charge is -2.26. The van der Waals surface area contributed by atoms with Crippen LogP contribution >= 0.6 is 11.3 Å². The SMILES string of the molecule is CCOC(=O)C1=C(c2ccccc2)N=c2s/c(=C/c3cn(Cc4ccc(F)cc4)c4ccccc34)c(=O)n2[C@@H]1c1ccc(OC)cc1. The maximum Gasteiger partial charge on any atom is 0.338 e. The average Bonchev–Trinajstić information content (AvgIpc) is 3.61. The van der Waals surface area contributed by atoms with E-state index in [0.29, 0.717) is 27.3 Å². The first-order chi connectivity index (χ1) is 22.9. The third-order valence-corrected chi connectivity index (χ3v) is 9.16. The van der Waals surface area contributed by atoms with E-state index in [2.05, 4.69) is 4.57 Å². The Bertz CT molecular complexity index is 2320. The third kappa shape index (κ3) is 5.70. The van der Waals surface area contributed by atoms with Gasteiger partial charge in [0.05, 0.1) is 35.6 Å². The van der Waals surface area contributed by atoms with Gasteiger partial charge in [0, 0.05) is 34.8 Å². The predicted molar refractivity (Wildman–Crippen MR) is 181 cm³/mol. The number of halogens is 1. The Balaban J connectivity index is 1.44. The molecule has 9 heteroatoms. The zero-order valence-corrected chi connectivity index (χ0v) is 26.5. The molecule has 0 unspecified atom stereocenters. The molecule has 0 bridgehead atoms. The Morgan fingerprint density at radius 3 is 2.40 bits per heavy atom. The smallest absolute Gasteiger partial charge is 0.338 e. The minimum Gasteiger partial charge on any atom is -0.497 e. The van der Waals surface area contributed by atoms with Crippen molar-refractivity contribution < 1.29 is 18.7 Å². The molecule has 0 fully saturated rings. The number of esters is 1. The molecule has 0 N–H and O–H groups in total. The van der Waals surface area contributed by atoms with Crippen LogP contribution in [0.3, 0.4) is 0 Å². The number of aromatic nitrogens is 2. The molecule has 234 valence electrons. The normalized spacial score (nSPS) is 14.6. The fourth-order valence-electron chi connectivity index (χ4n) is 5.99. The topological polar surface area (TPSA) is 74.8 Å². The van der Waals surface area contributed by atoms with E-state index >= 15 is 0 Å². The van der Waals surface area contributed by atoms with Crippen LogP contribution in [-0.4, -0.2) is 28.8 Å². The van der Waals surface area contributed by atoms with Crippen molar-refractivity contribution >= 4 is 40.0 Å². The van der Waals surface area contributed by atoms with Gasteiger partial charge in [-0.15, -0.1) is 0 Å². The number of thiazole rings is 1. The maximum atomic E-state index is 14.4. The van der Waals surface area contributed by atoms with E-state index in [9.17, 15) is 14.0 Å². The molecule has 6 aromatic rings. The number of hydrogen-bond acceptors (Lipinski definition) is 6. The number of rotatable bonds is 8. The molecule has 0 radical (unpaired) electrons. The molecule has 1 atom stereocenters. The maximum absolute atomic E-state index is 14.4. The lowest BCUT2D eigenvalue weighted by molar-refractivity contribution is -0.138. The first kappa shape index (κ1) is 30.1. The molecule has 3 heterocycles. The molecule has 0 saturated heterocycles. The average molecular weight is 644 g/mol. The highest BCUT2D eigenvalue weighted by Gasteiger charge is 2.35. The molecule has 0 spiro atoms. The van der Waals surface area contributed by atoms with Crippen molar-refractivity contribution in [3.05, 3.63) is 163 Å². The van der Waals surface area contributed by atoms with Gasteiger partial charge in [0.2, 0.25) is 0 Å². The van der Waals surface area contributed by atoms with Gasteiger partial charge in [-0.1, -0.05) is 84.1 Å². The second-order valence-electron chi connectivity index (χ2n) is 11.1. The van der Waals surface area contributed by atoms with Gasteiger partial charge >= 0.3 is 5.97 Å². The summed E-state index contributed by atoms with van der Waals surface area (Å²) >= 11 is 1.28. The van der Waals surface area contributed by atoms with Crippen LogP contribution in [0.2, 0.25) is 0 Å². The summed E-state index contributed by atoms with van der Waals surface area (Å²) in [5, 5.41) is 0.976. The van der Waals surface area contributed by atoms with Gasteiger partial charge in [0.25, 0.3) is 5.56 Å². The summed E-state index contributed by atoms with van der Waals surface area (Å²) in [6.45, 7) is 2.47. The van der Waals surface area contributed by atoms with E-state index in [4.69, 9.17) is 14.5 Å². The lowest BCUT2D eigenvalue weighted by atomic mass is 9.93. The Kier molecular flexibility index (Phi) is 8.14. The Morgan fingerprint density at radius 2 is 1.68 bits per heavy atom. The molecule has 2 aromatic heterocycles. The van der Waals surface area contributed by atoms with Crippen LogP contribution in [0.25, 0.3) is 22.7 Å². The number of nitrogens with zero attached hydrogens (tertiary/aromatic N) is 3. The standard InChI is InChI=1S/C38H30FN3O4S/c1-3-46-37(44)33-34(25-9-5-4-6-10-25)40-38-42(35(33)26-15-19-29(45-2)20-16-26)36(43)32(47-38)21-27-23-41(31-12-8-7-11-30(27)31)22-24-13-17-28(39)18-14-24/h4-21,23,35H,3,22H2,1-2H3/b32-21+/t35-/m1/s1. The molecular weight excluding hydrogens is 614 g/mol. The third-order valence-electron chi connectivity index (χ3n) is 8.18. The van der Waals surface area contributed by atoms with Gasteiger partial charge in [-0.2, -0.15) is 0 Å². The summed E-state index contributed by atoms with van der Waals surface area (Å²) in [6.07, 6.45) is 3.89. The Hall–Kier alpha value is -5.54. The second-order valence-corrected chi connectivity index (χ2v) is 12.1. The number of fused-ring (bicyclic) bond motifs is 2. The summed E-state index contributed by atoms with van der Waals surface area (Å²) in [4.78, 5) is 33.5. The van der Waals surface area contributed by atoms with Crippen molar-refractivity contribution in [3.8, 4) is 5.75 Å². The molecule has 0 amide bonds. The summed E-state index contributed by atoms with van der Waals surface area (Å²) in [6, 6.07) is 30.5. The van der Waals surface area contributed by atoms with Gasteiger partial charge < -0.3 is 14.0 Å². The van der Waals surface area contributed by atoms with E-state index in [-0.39, 0.29) is 23.6 Å². The highest BCUT2D eigenvalue weighted by molar-refractivity contribution is 7.07. The summed E-state index contributed by atoms with van der Waals surface area (Å²) in [5.41, 5.74) is 4.77. The fourth-order valence-corrected chi connectivity index (χ4v) is 6.98. The van der Waals surface area contributed by atoms with Gasteiger partial charge in [0.1, 0.15) is 11.6 Å². The van der Waals surface area contributed by atoms with Gasteiger partial charge in [-0.25, -0.2) is 14.2 Å². The van der Waals surface area contributed by atoms with Crippen molar-refractivity contribution in [2.24, 2.45) is 4.99 Å². The van der Waals surface area contributed by atoms with Crippen LogP contribution in [-0.2, 0) is 16.1 Å². The monoisotopic (exact) mass is 643 g/mol. The fraction of sp³-hybridized carbons (Fsp3) is 0.132. The first-order valence-corrected chi connectivity index (χ1v) is 16.0. The zero-order chi connectivity index (χ0) is 32.5. The summed E-state index contributed by atoms with van der Waals surface area (Å²) in [5.74, 6) is -0.158. The van der Waals surface area contributed by atoms with Crippen LogP contribution in [0.5, 0.6) is 5.75 Å². The number of ether oxygens (including phenoxy) is 2. The highest BCUT2D eigenvalue weighted by Crippen LogP contribution is 2.35. The number of carbonyl (C=O) groups excluding carboxylic acids is 1. The van der Waals surface area contributed by atoms with Crippen LogP contribution in [0.1, 0.15) is 35.2 Å². The molecule has 7 rings (SSSR count). The van der Waals surface area contributed by atoms with E-state index < -0.39 is 12.0 Å². The minimum atomic E-state index is -0.784. The van der Waals surface area contributed by atoms with Crippen molar-refractivity contribution in [1.82, 2.24) is 9.13 Å². The molecule has 7 nitrogen and oxygen atoms in total. The van der Waals surface area contributed by atoms with Gasteiger partial charge in [-0.05, 0) is 54.5 Å². The number of hydrogen-bond donors (Lipinski definition) is 0. The molecule has 4 aromatic carbocycles. The van der Waals surface area contributed by atoms with Crippen molar-refractivity contribution in [2.75, 3.05) is 13.7 Å². The minimum absolute atomic E-state index is 0.173. The number of benzene rings is 4. The lowest BCUT2D eigenvalue weighted by Crippen LogP contribution is -2.40. The van der Waals surface area contributed by atoms with Gasteiger partial charge in [0.15, 0.2) is 4.80 Å². The molecule has 1 aliphatic rings. The van der Waals surface area contributed by atoms with Gasteiger partial charge in [-0.3, -0.25) is 9.36 Å². The number of para-hydroxylation sites is 1. The van der Waals surface area contributed by atoms with Crippen molar-refractivity contribution in [1.29, 1.82) is 0 Å². The van der Waals surface area contributed by atoms with E-state index in [1.165, 1.54) is 23.5 Å². The van der Waals surface area contributed by atoms with E-state index in [1.807, 2.05) is 91.1 Å². The largest absolute Gasteiger partial charge is 0.497 e. The molecule has 47 heavy (non-hydrogen) atoms. The highest BCUT2D eigenvalue weighted by atomic mass is 32.1. The molecule has 0 aliphatic carbocycles. The zero-order valence-electron chi connectivity index (χ0n) is 25.7. The number of carbonyl (C=O) groups is 1. The van der Waals surface area contributed by atoms with Crippen molar-refractivity contribution in [2.45, 2.75) is 19.5 Å². The molecular formula is C38H30FN3O4S. The van der Waals surface area contributed by atoms with Crippen molar-refractivity contribution in [3.63, 3.8) is 0 Å². The quantitative estimate of drug-likeness (QED) is 0.188. The van der Waals surface area contributed by atoms with Crippen LogP contribution in [0.15, 0.2) is 125 Å². The second kappa shape index (κ2) is 12.7. The van der Waals surface area contributed by atoms with Crippen LogP contribution in [0.4, 0.5) is 4.39 Å². The molecule has 0 saturated carbocycles. The van der Waals surface area contributed by atoms with E-state index in [1.54, 1.807) is 30.7 Å². The Labute approximate surface area is 273 Å². The van der Waals surface area contributed by atoms with E-state index in [0.717, 1.165) is 33.2 Å². The summed E-state index contributed by atoms with van der Waals surface area (Å²) in [7, 11) is 1.59.